The van der Waals surface area contributed by atoms with Crippen LogP contribution in [0.1, 0.15) is 31.2 Å². The van der Waals surface area contributed by atoms with E-state index in [4.69, 9.17) is 4.74 Å². The van der Waals surface area contributed by atoms with Crippen molar-refractivity contribution < 1.29 is 9.13 Å². The van der Waals surface area contributed by atoms with Crippen molar-refractivity contribution in [2.45, 2.75) is 44.2 Å². The summed E-state index contributed by atoms with van der Waals surface area (Å²) in [6.07, 6.45) is 6.26. The Morgan fingerprint density at radius 2 is 2.29 bits per heavy atom. The van der Waals surface area contributed by atoms with Crippen molar-refractivity contribution in [1.29, 1.82) is 0 Å². The van der Waals surface area contributed by atoms with E-state index in [1.165, 1.54) is 25.3 Å². The maximum Gasteiger partial charge on any atom is 0.191 e. The lowest BCUT2D eigenvalue weighted by Gasteiger charge is -2.63. The second-order valence-corrected chi connectivity index (χ2v) is 7.33. The van der Waals surface area contributed by atoms with E-state index in [0.29, 0.717) is 23.5 Å². The average molecular weight is 331 g/mol. The number of benzene rings is 1. The third-order valence-corrected chi connectivity index (χ3v) is 6.15. The van der Waals surface area contributed by atoms with Crippen LogP contribution in [-0.4, -0.2) is 38.3 Å². The van der Waals surface area contributed by atoms with Gasteiger partial charge in [0.1, 0.15) is 5.82 Å². The third-order valence-electron chi connectivity index (χ3n) is 6.15. The van der Waals surface area contributed by atoms with Crippen molar-refractivity contribution in [2.75, 3.05) is 20.2 Å². The summed E-state index contributed by atoms with van der Waals surface area (Å²) in [5.74, 6) is 1.31. The molecule has 0 radical (unpaired) electrons. The third kappa shape index (κ3) is 2.59. The normalized spacial score (nSPS) is 30.4. The van der Waals surface area contributed by atoms with Gasteiger partial charge < -0.3 is 15.4 Å². The molecule has 2 N–H and O–H groups in total. The molecule has 4 nitrogen and oxygen atoms in total. The summed E-state index contributed by atoms with van der Waals surface area (Å²) in [5.41, 5.74) is 1.35. The standard InChI is InChI=1S/C19H26FN3O/c1-21-18(22-10-6-13-4-2-5-14(20)12-13)23-16-15-7-11-24-17(15)19(16)8-3-9-19/h2,4-5,12,15-17H,3,6-11H2,1H3,(H2,21,22,23). The van der Waals surface area contributed by atoms with Gasteiger partial charge in [0.05, 0.1) is 6.10 Å². The molecule has 1 aliphatic heterocycles. The van der Waals surface area contributed by atoms with Gasteiger partial charge >= 0.3 is 0 Å². The maximum absolute atomic E-state index is 13.2. The number of ether oxygens (including phenoxy) is 1. The summed E-state index contributed by atoms with van der Waals surface area (Å²) >= 11 is 0. The minimum atomic E-state index is -0.177. The number of halogens is 1. The summed E-state index contributed by atoms with van der Waals surface area (Å²) in [5, 5.41) is 7.03. The minimum Gasteiger partial charge on any atom is -0.377 e. The highest BCUT2D eigenvalue weighted by Gasteiger charge is 2.66. The highest BCUT2D eigenvalue weighted by molar-refractivity contribution is 5.80. The smallest absolute Gasteiger partial charge is 0.191 e. The molecule has 1 saturated heterocycles. The van der Waals surface area contributed by atoms with Crippen molar-refractivity contribution in [1.82, 2.24) is 10.6 Å². The van der Waals surface area contributed by atoms with Crippen LogP contribution in [-0.2, 0) is 11.2 Å². The Morgan fingerprint density at radius 1 is 1.42 bits per heavy atom. The highest BCUT2D eigenvalue weighted by atomic mass is 19.1. The molecule has 1 heterocycles. The first kappa shape index (κ1) is 15.9. The summed E-state index contributed by atoms with van der Waals surface area (Å²) in [6, 6.07) is 7.27. The van der Waals surface area contributed by atoms with Gasteiger partial charge in [-0.15, -0.1) is 0 Å². The summed E-state index contributed by atoms with van der Waals surface area (Å²) < 4.78 is 19.2. The van der Waals surface area contributed by atoms with Gasteiger partial charge in [0.15, 0.2) is 5.96 Å². The van der Waals surface area contributed by atoms with Crippen molar-refractivity contribution in [3.05, 3.63) is 35.6 Å². The Labute approximate surface area is 142 Å². The second-order valence-electron chi connectivity index (χ2n) is 7.33. The van der Waals surface area contributed by atoms with Crippen LogP contribution in [0, 0.1) is 17.2 Å². The Morgan fingerprint density at radius 3 is 3.00 bits per heavy atom. The Bertz CT molecular complexity index is 629. The van der Waals surface area contributed by atoms with Crippen LogP contribution < -0.4 is 10.6 Å². The van der Waals surface area contributed by atoms with Crippen LogP contribution in [0.5, 0.6) is 0 Å². The molecule has 3 fully saturated rings. The first-order valence-electron chi connectivity index (χ1n) is 9.06. The number of nitrogens with one attached hydrogen (secondary N) is 2. The molecule has 0 amide bonds. The van der Waals surface area contributed by atoms with E-state index < -0.39 is 0 Å². The molecular formula is C19H26FN3O. The van der Waals surface area contributed by atoms with E-state index in [1.54, 1.807) is 12.1 Å². The summed E-state index contributed by atoms with van der Waals surface area (Å²) in [7, 11) is 1.81. The number of aliphatic imine (C=N–C) groups is 1. The van der Waals surface area contributed by atoms with Crippen LogP contribution in [0.3, 0.4) is 0 Å². The number of hydrogen-bond acceptors (Lipinski definition) is 2. The van der Waals surface area contributed by atoms with Gasteiger partial charge in [-0.1, -0.05) is 18.6 Å². The highest BCUT2D eigenvalue weighted by Crippen LogP contribution is 2.62. The van der Waals surface area contributed by atoms with E-state index in [-0.39, 0.29) is 5.82 Å². The number of guanidine groups is 1. The zero-order valence-electron chi connectivity index (χ0n) is 14.2. The van der Waals surface area contributed by atoms with Crippen molar-refractivity contribution in [3.63, 3.8) is 0 Å². The molecule has 130 valence electrons. The molecule has 1 aromatic carbocycles. The van der Waals surface area contributed by atoms with Gasteiger partial charge in [0, 0.05) is 37.6 Å². The van der Waals surface area contributed by atoms with Crippen LogP contribution in [0.15, 0.2) is 29.3 Å². The van der Waals surface area contributed by atoms with E-state index in [2.05, 4.69) is 15.6 Å². The van der Waals surface area contributed by atoms with Gasteiger partial charge in [-0.05, 0) is 43.4 Å². The Hall–Kier alpha value is -1.62. The molecule has 0 aromatic heterocycles. The fraction of sp³-hybridized carbons (Fsp3) is 0.632. The quantitative estimate of drug-likeness (QED) is 0.658. The molecule has 4 rings (SSSR count). The zero-order chi connectivity index (χ0) is 16.6. The van der Waals surface area contributed by atoms with Crippen LogP contribution >= 0.6 is 0 Å². The molecule has 3 atom stereocenters. The van der Waals surface area contributed by atoms with Crippen molar-refractivity contribution in [3.8, 4) is 0 Å². The first-order chi connectivity index (χ1) is 11.7. The Kier molecular flexibility index (Phi) is 4.21. The van der Waals surface area contributed by atoms with Gasteiger partial charge in [-0.2, -0.15) is 0 Å². The number of nitrogens with zero attached hydrogens (tertiary/aromatic N) is 1. The number of fused-ring (bicyclic) bond motifs is 2. The predicted octanol–water partition coefficient (Wildman–Crippen LogP) is 2.49. The molecule has 1 aromatic rings. The molecule has 24 heavy (non-hydrogen) atoms. The van der Waals surface area contributed by atoms with E-state index in [0.717, 1.165) is 37.5 Å². The topological polar surface area (TPSA) is 45.7 Å². The monoisotopic (exact) mass is 331 g/mol. The van der Waals surface area contributed by atoms with E-state index in [1.807, 2.05) is 13.1 Å². The van der Waals surface area contributed by atoms with E-state index >= 15 is 0 Å². The molecule has 0 bridgehead atoms. The van der Waals surface area contributed by atoms with Gasteiger partial charge in [-0.25, -0.2) is 4.39 Å². The van der Waals surface area contributed by atoms with Gasteiger partial charge in [-0.3, -0.25) is 4.99 Å². The van der Waals surface area contributed by atoms with Crippen molar-refractivity contribution in [2.24, 2.45) is 16.3 Å². The SMILES string of the molecule is CN=C(NCCc1cccc(F)c1)NC1C2CCOC2C12CCC2. The summed E-state index contributed by atoms with van der Waals surface area (Å²) in [4.78, 5) is 4.38. The fourth-order valence-electron chi connectivity index (χ4n) is 4.82. The molecular weight excluding hydrogens is 305 g/mol. The zero-order valence-corrected chi connectivity index (χ0v) is 14.2. The van der Waals surface area contributed by atoms with E-state index in [9.17, 15) is 4.39 Å². The molecule has 1 spiro atoms. The maximum atomic E-state index is 13.2. The lowest BCUT2D eigenvalue weighted by Crippen LogP contribution is -2.72. The molecule has 2 saturated carbocycles. The first-order valence-corrected chi connectivity index (χ1v) is 9.06. The average Bonchev–Trinajstić information content (AvgIpc) is 2.94. The largest absolute Gasteiger partial charge is 0.377 e. The molecule has 3 aliphatic rings. The number of hydrogen-bond donors (Lipinski definition) is 2. The number of rotatable bonds is 4. The predicted molar refractivity (Wildman–Crippen MR) is 92.5 cm³/mol. The lowest BCUT2D eigenvalue weighted by atomic mass is 9.46. The van der Waals surface area contributed by atoms with Crippen LogP contribution in [0.25, 0.3) is 0 Å². The Balaban J connectivity index is 1.32. The van der Waals surface area contributed by atoms with Crippen molar-refractivity contribution >= 4 is 5.96 Å². The second kappa shape index (κ2) is 6.36. The molecule has 2 aliphatic carbocycles. The van der Waals surface area contributed by atoms with Gasteiger partial charge in [0.25, 0.3) is 0 Å². The minimum absolute atomic E-state index is 0.177. The van der Waals surface area contributed by atoms with Crippen LogP contribution in [0.2, 0.25) is 0 Å². The van der Waals surface area contributed by atoms with Gasteiger partial charge in [0.2, 0.25) is 0 Å². The fourth-order valence-corrected chi connectivity index (χ4v) is 4.82. The van der Waals surface area contributed by atoms with Crippen LogP contribution in [0.4, 0.5) is 4.39 Å². The lowest BCUT2D eigenvalue weighted by molar-refractivity contribution is -0.171. The molecule has 5 heteroatoms. The molecule has 3 unspecified atom stereocenters. The summed E-state index contributed by atoms with van der Waals surface area (Å²) in [6.45, 7) is 1.65.